The third-order valence-corrected chi connectivity index (χ3v) is 2.80. The van der Waals surface area contributed by atoms with Gasteiger partial charge in [0.2, 0.25) is 0 Å². The molecule has 1 atom stereocenters. The SMILES string of the molecule is COc1ccc(C(O)c2cc(O)ccc2N)cc1. The number of phenols is 1. The van der Waals surface area contributed by atoms with Gasteiger partial charge in [0.1, 0.15) is 17.6 Å². The van der Waals surface area contributed by atoms with Crippen molar-refractivity contribution in [3.8, 4) is 11.5 Å². The number of ether oxygens (including phenoxy) is 1. The fourth-order valence-electron chi connectivity index (χ4n) is 1.76. The summed E-state index contributed by atoms with van der Waals surface area (Å²) in [5.74, 6) is 0.793. The molecule has 0 heterocycles. The lowest BCUT2D eigenvalue weighted by Crippen LogP contribution is -2.03. The van der Waals surface area contributed by atoms with Gasteiger partial charge in [-0.05, 0) is 35.9 Å². The van der Waals surface area contributed by atoms with Crippen LogP contribution < -0.4 is 10.5 Å². The van der Waals surface area contributed by atoms with E-state index in [4.69, 9.17) is 10.5 Å². The lowest BCUT2D eigenvalue weighted by molar-refractivity contribution is 0.220. The van der Waals surface area contributed by atoms with E-state index in [-0.39, 0.29) is 5.75 Å². The number of rotatable bonds is 3. The van der Waals surface area contributed by atoms with Gasteiger partial charge in [0.25, 0.3) is 0 Å². The summed E-state index contributed by atoms with van der Waals surface area (Å²) < 4.78 is 5.05. The molecule has 1 unspecified atom stereocenters. The van der Waals surface area contributed by atoms with Crippen molar-refractivity contribution in [1.82, 2.24) is 0 Å². The summed E-state index contributed by atoms with van der Waals surface area (Å²) in [6.07, 6.45) is -0.872. The molecule has 18 heavy (non-hydrogen) atoms. The summed E-state index contributed by atoms with van der Waals surface area (Å²) in [5, 5.41) is 19.7. The topological polar surface area (TPSA) is 75.7 Å². The summed E-state index contributed by atoms with van der Waals surface area (Å²) >= 11 is 0. The number of phenolic OH excluding ortho intramolecular Hbond substituents is 1. The van der Waals surface area contributed by atoms with Crippen LogP contribution in [0.1, 0.15) is 17.2 Å². The van der Waals surface area contributed by atoms with Crippen molar-refractivity contribution in [3.05, 3.63) is 53.6 Å². The zero-order valence-electron chi connectivity index (χ0n) is 10.00. The lowest BCUT2D eigenvalue weighted by atomic mass is 10.00. The predicted molar refractivity (Wildman–Crippen MR) is 69.6 cm³/mol. The van der Waals surface area contributed by atoms with Crippen molar-refractivity contribution in [3.63, 3.8) is 0 Å². The molecule has 4 N–H and O–H groups in total. The second kappa shape index (κ2) is 4.98. The molecular weight excluding hydrogens is 230 g/mol. The predicted octanol–water partition coefficient (Wildman–Crippen LogP) is 2.06. The minimum absolute atomic E-state index is 0.0757. The number of anilines is 1. The van der Waals surface area contributed by atoms with Gasteiger partial charge >= 0.3 is 0 Å². The van der Waals surface area contributed by atoms with Crippen LogP contribution in [0.3, 0.4) is 0 Å². The number of aromatic hydroxyl groups is 1. The van der Waals surface area contributed by atoms with E-state index in [9.17, 15) is 10.2 Å². The van der Waals surface area contributed by atoms with Crippen molar-refractivity contribution in [2.24, 2.45) is 0 Å². The van der Waals surface area contributed by atoms with Crippen LogP contribution in [-0.2, 0) is 0 Å². The quantitative estimate of drug-likeness (QED) is 0.571. The first-order chi connectivity index (χ1) is 8.61. The van der Waals surface area contributed by atoms with Crippen LogP contribution in [0.4, 0.5) is 5.69 Å². The van der Waals surface area contributed by atoms with Crippen molar-refractivity contribution in [2.75, 3.05) is 12.8 Å². The monoisotopic (exact) mass is 245 g/mol. The molecule has 0 aliphatic rings. The zero-order valence-corrected chi connectivity index (χ0v) is 10.00. The number of methoxy groups -OCH3 is 1. The number of hydrogen-bond acceptors (Lipinski definition) is 4. The van der Waals surface area contributed by atoms with Gasteiger partial charge in [0, 0.05) is 11.3 Å². The highest BCUT2D eigenvalue weighted by Crippen LogP contribution is 2.30. The highest BCUT2D eigenvalue weighted by atomic mass is 16.5. The van der Waals surface area contributed by atoms with Gasteiger partial charge in [-0.3, -0.25) is 0 Å². The van der Waals surface area contributed by atoms with Crippen molar-refractivity contribution in [2.45, 2.75) is 6.10 Å². The van der Waals surface area contributed by atoms with Crippen LogP contribution in [0.2, 0.25) is 0 Å². The molecule has 4 heteroatoms. The Hall–Kier alpha value is -2.20. The average Bonchev–Trinajstić information content (AvgIpc) is 2.41. The number of nitrogens with two attached hydrogens (primary N) is 1. The summed E-state index contributed by atoms with van der Waals surface area (Å²) in [6.45, 7) is 0. The standard InChI is InChI=1S/C14H15NO3/c1-18-11-5-2-9(3-6-11)14(17)12-8-10(16)4-7-13(12)15/h2-8,14,16-17H,15H2,1H3. The molecule has 2 aromatic carbocycles. The second-order valence-electron chi connectivity index (χ2n) is 3.99. The number of nitrogen functional groups attached to an aromatic ring is 1. The molecular formula is C14H15NO3. The molecule has 0 aliphatic heterocycles. The molecule has 2 rings (SSSR count). The minimum atomic E-state index is -0.872. The Balaban J connectivity index is 2.34. The Morgan fingerprint density at radius 1 is 1.11 bits per heavy atom. The Kier molecular flexibility index (Phi) is 3.39. The van der Waals surface area contributed by atoms with Crippen LogP contribution >= 0.6 is 0 Å². The van der Waals surface area contributed by atoms with Crippen LogP contribution in [-0.4, -0.2) is 17.3 Å². The molecule has 0 aromatic heterocycles. The molecule has 0 spiro atoms. The lowest BCUT2D eigenvalue weighted by Gasteiger charge is -2.14. The summed E-state index contributed by atoms with van der Waals surface area (Å²) in [5.41, 5.74) is 7.40. The number of hydrogen-bond donors (Lipinski definition) is 3. The van der Waals surface area contributed by atoms with Crippen LogP contribution in [0.25, 0.3) is 0 Å². The fraction of sp³-hybridized carbons (Fsp3) is 0.143. The van der Waals surface area contributed by atoms with Gasteiger partial charge in [0.15, 0.2) is 0 Å². The van der Waals surface area contributed by atoms with Gasteiger partial charge in [-0.25, -0.2) is 0 Å². The second-order valence-corrected chi connectivity index (χ2v) is 3.99. The number of benzene rings is 2. The number of aliphatic hydroxyl groups is 1. The van der Waals surface area contributed by atoms with E-state index in [0.717, 1.165) is 5.75 Å². The third kappa shape index (κ3) is 2.38. The Bertz CT molecular complexity index is 537. The van der Waals surface area contributed by atoms with E-state index in [1.54, 1.807) is 37.4 Å². The zero-order chi connectivity index (χ0) is 13.1. The molecule has 0 amide bonds. The van der Waals surface area contributed by atoms with Crippen LogP contribution in [0.15, 0.2) is 42.5 Å². The molecule has 94 valence electrons. The molecule has 0 saturated heterocycles. The summed E-state index contributed by atoms with van der Waals surface area (Å²) in [7, 11) is 1.58. The highest BCUT2D eigenvalue weighted by Gasteiger charge is 2.14. The first kappa shape index (κ1) is 12.3. The Labute approximate surface area is 105 Å². The van der Waals surface area contributed by atoms with E-state index in [0.29, 0.717) is 16.8 Å². The maximum atomic E-state index is 10.2. The molecule has 2 aromatic rings. The highest BCUT2D eigenvalue weighted by molar-refractivity contribution is 5.53. The van der Waals surface area contributed by atoms with Gasteiger partial charge in [-0.1, -0.05) is 12.1 Å². The molecule has 4 nitrogen and oxygen atoms in total. The average molecular weight is 245 g/mol. The van der Waals surface area contributed by atoms with Crippen molar-refractivity contribution in [1.29, 1.82) is 0 Å². The van der Waals surface area contributed by atoms with E-state index < -0.39 is 6.10 Å². The molecule has 0 aliphatic carbocycles. The Morgan fingerprint density at radius 3 is 2.39 bits per heavy atom. The van der Waals surface area contributed by atoms with E-state index in [1.807, 2.05) is 0 Å². The van der Waals surface area contributed by atoms with E-state index in [2.05, 4.69) is 0 Å². The number of aliphatic hydroxyl groups excluding tert-OH is 1. The molecule has 0 radical (unpaired) electrons. The largest absolute Gasteiger partial charge is 0.508 e. The summed E-state index contributed by atoms with van der Waals surface area (Å²) in [6, 6.07) is 11.6. The van der Waals surface area contributed by atoms with Crippen LogP contribution in [0, 0.1) is 0 Å². The molecule has 0 fully saturated rings. The maximum Gasteiger partial charge on any atom is 0.118 e. The van der Waals surface area contributed by atoms with Gasteiger partial charge in [0.05, 0.1) is 7.11 Å². The van der Waals surface area contributed by atoms with E-state index in [1.165, 1.54) is 12.1 Å². The molecule has 0 bridgehead atoms. The van der Waals surface area contributed by atoms with Gasteiger partial charge in [-0.15, -0.1) is 0 Å². The first-order valence-corrected chi connectivity index (χ1v) is 5.52. The van der Waals surface area contributed by atoms with Crippen LogP contribution in [0.5, 0.6) is 11.5 Å². The minimum Gasteiger partial charge on any atom is -0.508 e. The van der Waals surface area contributed by atoms with E-state index >= 15 is 0 Å². The normalized spacial score (nSPS) is 12.1. The summed E-state index contributed by atoms with van der Waals surface area (Å²) in [4.78, 5) is 0. The Morgan fingerprint density at radius 2 is 1.78 bits per heavy atom. The molecule has 0 saturated carbocycles. The third-order valence-electron chi connectivity index (χ3n) is 2.80. The maximum absolute atomic E-state index is 10.2. The van der Waals surface area contributed by atoms with Crippen molar-refractivity contribution < 1.29 is 14.9 Å². The van der Waals surface area contributed by atoms with Gasteiger partial charge in [-0.2, -0.15) is 0 Å². The van der Waals surface area contributed by atoms with Crippen molar-refractivity contribution >= 4 is 5.69 Å². The first-order valence-electron chi connectivity index (χ1n) is 5.52. The fourth-order valence-corrected chi connectivity index (χ4v) is 1.76. The van der Waals surface area contributed by atoms with Gasteiger partial charge < -0.3 is 20.7 Å². The smallest absolute Gasteiger partial charge is 0.118 e.